The molecule has 9 nitrogen and oxygen atoms in total. The van der Waals surface area contributed by atoms with Gasteiger partial charge in [-0.25, -0.2) is 9.59 Å². The second-order valence-corrected chi connectivity index (χ2v) is 24.0. The lowest BCUT2D eigenvalue weighted by Gasteiger charge is -2.43. The van der Waals surface area contributed by atoms with Crippen LogP contribution in [-0.2, 0) is 32.6 Å². The average molecular weight is 659 g/mol. The smallest absolute Gasteiger partial charge is 0.435 e. The van der Waals surface area contributed by atoms with Gasteiger partial charge in [-0.2, -0.15) is 0 Å². The molecule has 11 heteroatoms. The van der Waals surface area contributed by atoms with Gasteiger partial charge in [0.05, 0.1) is 25.4 Å². The Balaban J connectivity index is 6.52. The van der Waals surface area contributed by atoms with Gasteiger partial charge in [0.1, 0.15) is 19.0 Å². The minimum Gasteiger partial charge on any atom is -0.435 e. The first-order chi connectivity index (χ1) is 19.9. The quantitative estimate of drug-likeness (QED) is 0.0913. The highest BCUT2D eigenvalue weighted by molar-refractivity contribution is 6.74. The molecule has 0 saturated carbocycles. The van der Waals surface area contributed by atoms with Gasteiger partial charge in [-0.05, 0) is 87.3 Å². The van der Waals surface area contributed by atoms with Gasteiger partial charge in [-0.3, -0.25) is 4.79 Å². The van der Waals surface area contributed by atoms with Crippen molar-refractivity contribution in [3.8, 4) is 0 Å². The third kappa shape index (κ3) is 13.2. The van der Waals surface area contributed by atoms with Crippen LogP contribution in [0.5, 0.6) is 0 Å². The highest BCUT2D eigenvalue weighted by Crippen LogP contribution is 2.41. The van der Waals surface area contributed by atoms with Crippen LogP contribution in [0, 0.1) is 11.8 Å². The Bertz CT molecular complexity index is 926. The molecule has 0 aliphatic rings. The molecule has 0 radical (unpaired) electrons. The first-order valence-corrected chi connectivity index (χ1v) is 21.6. The van der Waals surface area contributed by atoms with Gasteiger partial charge in [0, 0.05) is 11.8 Å². The fraction of sp³-hybridized carbons (Fsp3) is 0.788. The van der Waals surface area contributed by atoms with Crippen molar-refractivity contribution in [2.45, 2.75) is 132 Å². The monoisotopic (exact) mass is 658 g/mol. The Morgan fingerprint density at radius 1 is 0.614 bits per heavy atom. The Labute approximate surface area is 269 Å². The van der Waals surface area contributed by atoms with E-state index in [4.69, 9.17) is 27.8 Å². The van der Waals surface area contributed by atoms with Crippen molar-refractivity contribution in [3.05, 3.63) is 23.3 Å². The van der Waals surface area contributed by atoms with Crippen LogP contribution in [0.3, 0.4) is 0 Å². The van der Waals surface area contributed by atoms with Crippen molar-refractivity contribution >= 4 is 34.7 Å². The molecule has 256 valence electrons. The highest BCUT2D eigenvalue weighted by atomic mass is 28.4. The molecular weight excluding hydrogens is 597 g/mol. The van der Waals surface area contributed by atoms with E-state index in [1.54, 1.807) is 26.0 Å². The van der Waals surface area contributed by atoms with Gasteiger partial charge in [0.25, 0.3) is 0 Å². The minimum absolute atomic E-state index is 0.00413. The van der Waals surface area contributed by atoms with E-state index >= 15 is 0 Å². The van der Waals surface area contributed by atoms with Crippen molar-refractivity contribution in [2.24, 2.45) is 11.8 Å². The Hall–Kier alpha value is -1.96. The third-order valence-corrected chi connectivity index (χ3v) is 17.8. The molecule has 4 atom stereocenters. The van der Waals surface area contributed by atoms with Gasteiger partial charge in [-0.1, -0.05) is 55.4 Å². The summed E-state index contributed by atoms with van der Waals surface area (Å²) < 4.78 is 33.8. The lowest BCUT2D eigenvalue weighted by molar-refractivity contribution is -0.130. The number of hydrogen-bond donors (Lipinski definition) is 0. The van der Waals surface area contributed by atoms with E-state index in [-0.39, 0.29) is 42.3 Å². The van der Waals surface area contributed by atoms with Crippen molar-refractivity contribution in [3.63, 3.8) is 0 Å². The molecule has 44 heavy (non-hydrogen) atoms. The number of ether oxygens (including phenoxy) is 4. The molecule has 0 aromatic carbocycles. The molecule has 0 heterocycles. The van der Waals surface area contributed by atoms with E-state index in [9.17, 15) is 14.4 Å². The van der Waals surface area contributed by atoms with Gasteiger partial charge in [0.2, 0.25) is 0 Å². The van der Waals surface area contributed by atoms with E-state index < -0.39 is 53.0 Å². The van der Waals surface area contributed by atoms with Crippen LogP contribution >= 0.6 is 0 Å². The van der Waals surface area contributed by atoms with E-state index in [2.05, 4.69) is 67.7 Å². The molecule has 0 N–H and O–H groups in total. The summed E-state index contributed by atoms with van der Waals surface area (Å²) in [4.78, 5) is 37.8. The highest BCUT2D eigenvalue weighted by Gasteiger charge is 2.45. The summed E-state index contributed by atoms with van der Waals surface area (Å²) >= 11 is 0. The molecule has 0 aliphatic carbocycles. The average Bonchev–Trinajstić information content (AvgIpc) is 2.88. The Morgan fingerprint density at radius 3 is 1.16 bits per heavy atom. The number of rotatable bonds is 16. The van der Waals surface area contributed by atoms with Gasteiger partial charge < -0.3 is 27.8 Å². The Morgan fingerprint density at radius 2 is 0.909 bits per heavy atom. The lowest BCUT2D eigenvalue weighted by Crippen LogP contribution is -2.50. The van der Waals surface area contributed by atoms with Crippen molar-refractivity contribution < 1.29 is 42.2 Å². The third-order valence-electron chi connectivity index (χ3n) is 8.90. The second-order valence-electron chi connectivity index (χ2n) is 14.5. The van der Waals surface area contributed by atoms with Gasteiger partial charge >= 0.3 is 12.3 Å². The summed E-state index contributed by atoms with van der Waals surface area (Å²) in [5.41, 5.74) is 1.62. The molecule has 0 amide bonds. The van der Waals surface area contributed by atoms with Gasteiger partial charge in [-0.15, -0.1) is 0 Å². The molecule has 0 aromatic heterocycles. The number of ketones is 1. The van der Waals surface area contributed by atoms with E-state index in [0.29, 0.717) is 0 Å². The summed E-state index contributed by atoms with van der Waals surface area (Å²) in [5, 5.41) is -0.179. The van der Waals surface area contributed by atoms with Crippen LogP contribution in [0.1, 0.15) is 83.1 Å². The second kappa shape index (κ2) is 17.7. The molecule has 0 bridgehead atoms. The molecule has 0 aliphatic heterocycles. The summed E-state index contributed by atoms with van der Waals surface area (Å²) in [7, 11) is -4.63. The van der Waals surface area contributed by atoms with E-state index in [1.807, 2.05) is 27.7 Å². The predicted octanol–water partition coefficient (Wildman–Crippen LogP) is 8.85. The zero-order valence-electron chi connectivity index (χ0n) is 30.5. The van der Waals surface area contributed by atoms with Crippen LogP contribution in [0.15, 0.2) is 23.3 Å². The normalized spacial score (nSPS) is 16.5. The minimum atomic E-state index is -2.32. The maximum absolute atomic E-state index is 14.3. The molecule has 0 saturated heterocycles. The summed E-state index contributed by atoms with van der Waals surface area (Å²) in [6.07, 6.45) is 1.03. The zero-order valence-corrected chi connectivity index (χ0v) is 32.5. The lowest BCUT2D eigenvalue weighted by atomic mass is 9.84. The first kappa shape index (κ1) is 42.0. The predicted molar refractivity (Wildman–Crippen MR) is 181 cm³/mol. The number of Topliss-reactive ketones (excluding diaryl/α,β-unsaturated/α-hetero) is 1. The maximum atomic E-state index is 14.3. The topological polar surface area (TPSA) is 107 Å². The number of carbonyl (C=O) groups is 3. The van der Waals surface area contributed by atoms with Crippen LogP contribution in [0.4, 0.5) is 9.59 Å². The largest absolute Gasteiger partial charge is 0.508 e. The first-order valence-electron chi connectivity index (χ1n) is 15.7. The van der Waals surface area contributed by atoms with E-state index in [0.717, 1.165) is 11.1 Å². The standard InChI is InChI=1S/C33H62O9Si2/c1-17-37-30(35)39-21-19-23(3)28(41-43(13,14)32(7,8)9)25(5)27(34)26(6)29(42-44(15,16)33(10,11)12)24(4)20-22-40-31(36)38-18-2/h19-20,25-26,28-29H,17-18,21-22H2,1-16H3/b23-19+,24-20+/t25-,26+,28-,29+. The molecule has 0 fully saturated rings. The fourth-order valence-electron chi connectivity index (χ4n) is 3.91. The Kier molecular flexibility index (Phi) is 16.9. The molecular formula is C33H62O9Si2. The van der Waals surface area contributed by atoms with E-state index in [1.165, 1.54) is 0 Å². The molecule has 0 unspecified atom stereocenters. The van der Waals surface area contributed by atoms with Crippen molar-refractivity contribution in [2.75, 3.05) is 26.4 Å². The van der Waals surface area contributed by atoms with Crippen LogP contribution in [-0.4, -0.2) is 73.4 Å². The van der Waals surface area contributed by atoms with Crippen LogP contribution in [0.25, 0.3) is 0 Å². The zero-order chi connectivity index (χ0) is 34.7. The molecule has 0 rings (SSSR count). The summed E-state index contributed by atoms with van der Waals surface area (Å²) in [5.74, 6) is -1.05. The van der Waals surface area contributed by atoms with Gasteiger partial charge in [0.15, 0.2) is 16.6 Å². The number of hydrogen-bond acceptors (Lipinski definition) is 9. The van der Waals surface area contributed by atoms with Crippen LogP contribution < -0.4 is 0 Å². The maximum Gasteiger partial charge on any atom is 0.508 e. The molecule has 0 aromatic rings. The van der Waals surface area contributed by atoms with Crippen LogP contribution in [0.2, 0.25) is 36.3 Å². The van der Waals surface area contributed by atoms with Crippen molar-refractivity contribution in [1.82, 2.24) is 0 Å². The van der Waals surface area contributed by atoms with Crippen molar-refractivity contribution in [1.29, 1.82) is 0 Å². The molecule has 0 spiro atoms. The summed E-state index contributed by atoms with van der Waals surface area (Å²) in [6.45, 7) is 33.1. The summed E-state index contributed by atoms with van der Waals surface area (Å²) in [6, 6.07) is 0. The fourth-order valence-corrected chi connectivity index (χ4v) is 6.67. The number of carbonyl (C=O) groups excluding carboxylic acids is 3. The SMILES string of the molecule is CCOC(=O)OC/C=C(\C)[C@@H](O[Si](C)(C)C(C)(C)C)[C@H](C)C(=O)[C@H](C)[C@@H](O[Si](C)(C)C(C)(C)C)/C(C)=C/COC(=O)OCC.